The summed E-state index contributed by atoms with van der Waals surface area (Å²) in [5.74, 6) is 2.47. The Morgan fingerprint density at radius 3 is 2.67 bits per heavy atom. The molecule has 2 fully saturated rings. The Hall–Kier alpha value is -1.75. The molecule has 1 amide bonds. The molecule has 0 aromatic heterocycles. The maximum absolute atomic E-state index is 12.7. The maximum atomic E-state index is 12.7. The first-order valence-electron chi connectivity index (χ1n) is 10.3. The number of nitrogens with one attached hydrogen (secondary N) is 2. The molecule has 1 heterocycles. The summed E-state index contributed by atoms with van der Waals surface area (Å²) >= 11 is 0. The van der Waals surface area contributed by atoms with Crippen molar-refractivity contribution in [2.24, 2.45) is 17.3 Å². The SMILES string of the molecule is COc1cc(C(C)NC(=O)C2CC23CCNCC3)ccc1OCCC(C)C. The molecule has 1 aliphatic carbocycles. The van der Waals surface area contributed by atoms with Crippen LogP contribution in [0.2, 0.25) is 0 Å². The third kappa shape index (κ3) is 4.75. The minimum atomic E-state index is -0.0459. The van der Waals surface area contributed by atoms with Gasteiger partial charge in [-0.2, -0.15) is 0 Å². The van der Waals surface area contributed by atoms with Gasteiger partial charge in [-0.1, -0.05) is 19.9 Å². The number of ether oxygens (including phenoxy) is 2. The van der Waals surface area contributed by atoms with Crippen LogP contribution in [-0.4, -0.2) is 32.7 Å². The minimum absolute atomic E-state index is 0.0459. The van der Waals surface area contributed by atoms with Gasteiger partial charge in [0, 0.05) is 5.92 Å². The number of carbonyl (C=O) groups excluding carboxylic acids is 1. The molecule has 0 bridgehead atoms. The number of amides is 1. The predicted molar refractivity (Wildman–Crippen MR) is 107 cm³/mol. The molecule has 5 nitrogen and oxygen atoms in total. The van der Waals surface area contributed by atoms with E-state index in [1.807, 2.05) is 25.1 Å². The van der Waals surface area contributed by atoms with Gasteiger partial charge in [-0.3, -0.25) is 4.79 Å². The van der Waals surface area contributed by atoms with Crippen molar-refractivity contribution in [3.05, 3.63) is 23.8 Å². The van der Waals surface area contributed by atoms with Gasteiger partial charge in [-0.05, 0) is 74.7 Å². The molecule has 2 N–H and O–H groups in total. The van der Waals surface area contributed by atoms with Crippen LogP contribution in [0, 0.1) is 17.3 Å². The molecule has 0 radical (unpaired) electrons. The summed E-state index contributed by atoms with van der Waals surface area (Å²) in [5, 5.41) is 6.59. The minimum Gasteiger partial charge on any atom is -0.493 e. The van der Waals surface area contributed by atoms with Crippen molar-refractivity contribution in [3.63, 3.8) is 0 Å². The van der Waals surface area contributed by atoms with Gasteiger partial charge in [0.1, 0.15) is 0 Å². The molecular formula is C22H34N2O3. The smallest absolute Gasteiger partial charge is 0.224 e. The van der Waals surface area contributed by atoms with Crippen molar-refractivity contribution in [3.8, 4) is 11.5 Å². The Morgan fingerprint density at radius 1 is 1.26 bits per heavy atom. The fourth-order valence-corrected chi connectivity index (χ4v) is 4.07. The number of rotatable bonds is 8. The van der Waals surface area contributed by atoms with Crippen LogP contribution < -0.4 is 20.1 Å². The van der Waals surface area contributed by atoms with Crippen molar-refractivity contribution in [2.75, 3.05) is 26.8 Å². The lowest BCUT2D eigenvalue weighted by Gasteiger charge is -2.24. The first kappa shape index (κ1) is 20.0. The predicted octanol–water partition coefficient (Wildman–Crippen LogP) is 3.69. The van der Waals surface area contributed by atoms with E-state index in [0.717, 1.165) is 55.8 Å². The average Bonchev–Trinajstić information content (AvgIpc) is 3.35. The highest BCUT2D eigenvalue weighted by Gasteiger charge is 2.57. The van der Waals surface area contributed by atoms with E-state index in [0.29, 0.717) is 12.5 Å². The summed E-state index contributed by atoms with van der Waals surface area (Å²) in [6, 6.07) is 5.90. The quantitative estimate of drug-likeness (QED) is 0.729. The van der Waals surface area contributed by atoms with E-state index >= 15 is 0 Å². The lowest BCUT2D eigenvalue weighted by Crippen LogP contribution is -2.34. The normalized spacial score (nSPS) is 21.7. The highest BCUT2D eigenvalue weighted by molar-refractivity contribution is 5.83. The van der Waals surface area contributed by atoms with Crippen LogP contribution in [0.3, 0.4) is 0 Å². The van der Waals surface area contributed by atoms with Gasteiger partial charge >= 0.3 is 0 Å². The Balaban J connectivity index is 1.57. The highest BCUT2D eigenvalue weighted by Crippen LogP contribution is 2.58. The van der Waals surface area contributed by atoms with E-state index in [2.05, 4.69) is 24.5 Å². The van der Waals surface area contributed by atoms with Crippen molar-refractivity contribution < 1.29 is 14.3 Å². The van der Waals surface area contributed by atoms with Gasteiger partial charge in [-0.15, -0.1) is 0 Å². The summed E-state index contributed by atoms with van der Waals surface area (Å²) in [7, 11) is 1.66. The number of hydrogen-bond acceptors (Lipinski definition) is 4. The van der Waals surface area contributed by atoms with E-state index in [1.54, 1.807) is 7.11 Å². The standard InChI is InChI=1S/C22H34N2O3/c1-15(2)7-12-27-19-6-5-17(13-20(19)26-4)16(3)24-21(25)18-14-22(18)8-10-23-11-9-22/h5-6,13,15-16,18,23H,7-12,14H2,1-4H3,(H,24,25). The number of benzene rings is 1. The average molecular weight is 375 g/mol. The first-order chi connectivity index (χ1) is 12.9. The molecule has 3 rings (SSSR count). The molecule has 2 atom stereocenters. The lowest BCUT2D eigenvalue weighted by molar-refractivity contribution is -0.123. The number of hydrogen-bond donors (Lipinski definition) is 2. The molecule has 2 aliphatic rings. The first-order valence-corrected chi connectivity index (χ1v) is 10.3. The number of piperidine rings is 1. The van der Waals surface area contributed by atoms with Crippen LogP contribution in [0.4, 0.5) is 0 Å². The van der Waals surface area contributed by atoms with Crippen molar-refractivity contribution in [1.29, 1.82) is 0 Å². The summed E-state index contributed by atoms with van der Waals surface area (Å²) in [6.07, 6.45) is 4.29. The van der Waals surface area contributed by atoms with E-state index in [9.17, 15) is 4.79 Å². The third-order valence-corrected chi connectivity index (χ3v) is 6.10. The second-order valence-electron chi connectivity index (χ2n) is 8.54. The molecule has 1 aromatic rings. The van der Waals surface area contributed by atoms with Gasteiger partial charge in [0.25, 0.3) is 0 Å². The van der Waals surface area contributed by atoms with Crippen LogP contribution in [0.25, 0.3) is 0 Å². The second-order valence-corrected chi connectivity index (χ2v) is 8.54. The van der Waals surface area contributed by atoms with Crippen LogP contribution >= 0.6 is 0 Å². The summed E-state index contributed by atoms with van der Waals surface area (Å²) in [4.78, 5) is 12.7. The van der Waals surface area contributed by atoms with E-state index in [4.69, 9.17) is 9.47 Å². The van der Waals surface area contributed by atoms with Gasteiger partial charge in [-0.25, -0.2) is 0 Å². The van der Waals surface area contributed by atoms with Crippen molar-refractivity contribution >= 4 is 5.91 Å². The fraction of sp³-hybridized carbons (Fsp3) is 0.682. The molecule has 27 heavy (non-hydrogen) atoms. The zero-order valence-corrected chi connectivity index (χ0v) is 17.1. The van der Waals surface area contributed by atoms with Gasteiger partial charge in [0.15, 0.2) is 11.5 Å². The Bertz CT molecular complexity index is 653. The monoisotopic (exact) mass is 374 g/mol. The zero-order valence-electron chi connectivity index (χ0n) is 17.1. The molecule has 2 unspecified atom stereocenters. The fourth-order valence-electron chi connectivity index (χ4n) is 4.07. The summed E-state index contributed by atoms with van der Waals surface area (Å²) in [5.41, 5.74) is 1.30. The molecular weight excluding hydrogens is 340 g/mol. The number of methoxy groups -OCH3 is 1. The molecule has 1 spiro atoms. The van der Waals surface area contributed by atoms with E-state index < -0.39 is 0 Å². The Morgan fingerprint density at radius 2 is 2.00 bits per heavy atom. The maximum Gasteiger partial charge on any atom is 0.224 e. The van der Waals surface area contributed by atoms with Crippen LogP contribution in [0.1, 0.15) is 58.1 Å². The molecule has 150 valence electrons. The molecule has 1 aliphatic heterocycles. The largest absolute Gasteiger partial charge is 0.493 e. The van der Waals surface area contributed by atoms with Crippen LogP contribution in [0.5, 0.6) is 11.5 Å². The third-order valence-electron chi connectivity index (χ3n) is 6.10. The highest BCUT2D eigenvalue weighted by atomic mass is 16.5. The van der Waals surface area contributed by atoms with Crippen molar-refractivity contribution in [1.82, 2.24) is 10.6 Å². The molecule has 1 saturated heterocycles. The van der Waals surface area contributed by atoms with Crippen molar-refractivity contribution in [2.45, 2.75) is 52.5 Å². The van der Waals surface area contributed by atoms with Gasteiger partial charge < -0.3 is 20.1 Å². The summed E-state index contributed by atoms with van der Waals surface area (Å²) < 4.78 is 11.4. The lowest BCUT2D eigenvalue weighted by atomic mass is 9.91. The summed E-state index contributed by atoms with van der Waals surface area (Å²) in [6.45, 7) is 9.15. The Kier molecular flexibility index (Phi) is 6.30. The zero-order chi connectivity index (χ0) is 19.4. The Labute approximate surface area is 163 Å². The topological polar surface area (TPSA) is 59.6 Å². The number of carbonyl (C=O) groups is 1. The van der Waals surface area contributed by atoms with Gasteiger partial charge in [0.05, 0.1) is 19.8 Å². The van der Waals surface area contributed by atoms with E-state index in [1.165, 1.54) is 0 Å². The molecule has 1 saturated carbocycles. The molecule has 1 aromatic carbocycles. The second kappa shape index (κ2) is 8.51. The van der Waals surface area contributed by atoms with E-state index in [-0.39, 0.29) is 23.3 Å². The molecule has 5 heteroatoms. The van der Waals surface area contributed by atoms with Crippen LogP contribution in [0.15, 0.2) is 18.2 Å². The van der Waals surface area contributed by atoms with Crippen LogP contribution in [-0.2, 0) is 4.79 Å². The van der Waals surface area contributed by atoms with Gasteiger partial charge in [0.2, 0.25) is 5.91 Å².